The van der Waals surface area contributed by atoms with Crippen LogP contribution in [0.1, 0.15) is 40.0 Å². The molecule has 1 fully saturated rings. The molecule has 0 aromatic heterocycles. The monoisotopic (exact) mass is 214 g/mol. The quantitative estimate of drug-likeness (QED) is 0.659. The van der Waals surface area contributed by atoms with Crippen LogP contribution in [0.3, 0.4) is 0 Å². The molecule has 1 aliphatic rings. The summed E-state index contributed by atoms with van der Waals surface area (Å²) < 4.78 is 11.4. The van der Waals surface area contributed by atoms with E-state index in [9.17, 15) is 4.79 Å². The van der Waals surface area contributed by atoms with Gasteiger partial charge in [0.15, 0.2) is 6.29 Å². The summed E-state index contributed by atoms with van der Waals surface area (Å²) in [6.07, 6.45) is 4.07. The second-order valence-electron chi connectivity index (χ2n) is 4.64. The fraction of sp³-hybridized carbons (Fsp3) is 0.917. The molecular formula is C12H22O3. The maximum Gasteiger partial charge on any atom is 0.157 e. The lowest BCUT2D eigenvalue weighted by Crippen LogP contribution is -2.35. The molecule has 3 heteroatoms. The first-order chi connectivity index (χ1) is 7.15. The van der Waals surface area contributed by atoms with Gasteiger partial charge in [-0.1, -0.05) is 20.8 Å². The van der Waals surface area contributed by atoms with Gasteiger partial charge in [0.1, 0.15) is 6.29 Å². The van der Waals surface area contributed by atoms with Crippen LogP contribution in [-0.4, -0.2) is 25.3 Å². The van der Waals surface area contributed by atoms with Gasteiger partial charge >= 0.3 is 0 Å². The van der Waals surface area contributed by atoms with E-state index in [0.717, 1.165) is 32.2 Å². The van der Waals surface area contributed by atoms with E-state index in [1.54, 1.807) is 0 Å². The van der Waals surface area contributed by atoms with Crippen LogP contribution in [0.4, 0.5) is 0 Å². The topological polar surface area (TPSA) is 35.5 Å². The molecule has 3 atom stereocenters. The second-order valence-corrected chi connectivity index (χ2v) is 4.64. The molecule has 1 heterocycles. The molecule has 1 aliphatic heterocycles. The number of carbonyl (C=O) groups is 1. The Hall–Kier alpha value is -0.410. The first-order valence-electron chi connectivity index (χ1n) is 5.87. The Balaban J connectivity index is 2.45. The van der Waals surface area contributed by atoms with Crippen LogP contribution in [0.25, 0.3) is 0 Å². The largest absolute Gasteiger partial charge is 0.353 e. The molecule has 3 nitrogen and oxygen atoms in total. The highest BCUT2D eigenvalue weighted by molar-refractivity contribution is 5.53. The molecule has 0 aromatic rings. The first-order valence-corrected chi connectivity index (χ1v) is 5.87. The summed E-state index contributed by atoms with van der Waals surface area (Å²) in [6, 6.07) is 0. The summed E-state index contributed by atoms with van der Waals surface area (Å²) >= 11 is 0. The van der Waals surface area contributed by atoms with Gasteiger partial charge in [-0.15, -0.1) is 0 Å². The van der Waals surface area contributed by atoms with Crippen molar-refractivity contribution in [3.63, 3.8) is 0 Å². The van der Waals surface area contributed by atoms with Crippen LogP contribution >= 0.6 is 0 Å². The molecule has 0 N–H and O–H groups in total. The Bertz CT molecular complexity index is 185. The Kier molecular flexibility index (Phi) is 5.26. The van der Waals surface area contributed by atoms with E-state index in [1.807, 2.05) is 6.92 Å². The Morgan fingerprint density at radius 3 is 2.53 bits per heavy atom. The number of rotatable bonds is 5. The maximum atomic E-state index is 10.8. The fourth-order valence-electron chi connectivity index (χ4n) is 1.96. The summed E-state index contributed by atoms with van der Waals surface area (Å²) in [7, 11) is 0. The second kappa shape index (κ2) is 6.23. The Morgan fingerprint density at radius 2 is 2.07 bits per heavy atom. The average molecular weight is 214 g/mol. The summed E-state index contributed by atoms with van der Waals surface area (Å²) in [6.45, 7) is 6.84. The van der Waals surface area contributed by atoms with Crippen molar-refractivity contribution in [2.45, 2.75) is 52.4 Å². The molecule has 1 rings (SSSR count). The minimum Gasteiger partial charge on any atom is -0.353 e. The molecule has 0 amide bonds. The summed E-state index contributed by atoms with van der Waals surface area (Å²) in [4.78, 5) is 10.8. The predicted octanol–water partition coefficient (Wildman–Crippen LogP) is 2.39. The number of hydrogen-bond acceptors (Lipinski definition) is 3. The third-order valence-corrected chi connectivity index (χ3v) is 2.84. The van der Waals surface area contributed by atoms with Crippen LogP contribution < -0.4 is 0 Å². The van der Waals surface area contributed by atoms with Gasteiger partial charge in [-0.25, -0.2) is 0 Å². The molecule has 15 heavy (non-hydrogen) atoms. The van der Waals surface area contributed by atoms with Gasteiger partial charge in [-0.05, 0) is 25.2 Å². The zero-order chi connectivity index (χ0) is 11.3. The van der Waals surface area contributed by atoms with Crippen molar-refractivity contribution < 1.29 is 14.3 Å². The van der Waals surface area contributed by atoms with Gasteiger partial charge in [-0.3, -0.25) is 0 Å². The molecular weight excluding hydrogens is 192 g/mol. The van der Waals surface area contributed by atoms with E-state index in [1.165, 1.54) is 0 Å². The van der Waals surface area contributed by atoms with E-state index >= 15 is 0 Å². The maximum absolute atomic E-state index is 10.8. The standard InChI is InChI=1S/C12H22O3/c1-9(2)12(10(3)8-13)15-11-6-4-5-7-14-11/h8-12H,4-7H2,1-3H3/t10-,11-,12+/m1/s1. The van der Waals surface area contributed by atoms with Gasteiger partial charge < -0.3 is 14.3 Å². The zero-order valence-electron chi connectivity index (χ0n) is 9.94. The van der Waals surface area contributed by atoms with Gasteiger partial charge in [-0.2, -0.15) is 0 Å². The van der Waals surface area contributed by atoms with Gasteiger partial charge in [0.25, 0.3) is 0 Å². The third-order valence-electron chi connectivity index (χ3n) is 2.84. The number of carbonyl (C=O) groups excluding carboxylic acids is 1. The van der Waals surface area contributed by atoms with E-state index in [4.69, 9.17) is 9.47 Å². The summed E-state index contributed by atoms with van der Waals surface area (Å²) in [5, 5.41) is 0. The molecule has 0 saturated carbocycles. The van der Waals surface area contributed by atoms with Gasteiger partial charge in [0, 0.05) is 12.5 Å². The fourth-order valence-corrected chi connectivity index (χ4v) is 1.96. The van der Waals surface area contributed by atoms with Crippen molar-refractivity contribution in [1.82, 2.24) is 0 Å². The molecule has 0 radical (unpaired) electrons. The van der Waals surface area contributed by atoms with Gasteiger partial charge in [0.05, 0.1) is 6.10 Å². The first kappa shape index (κ1) is 12.7. The highest BCUT2D eigenvalue weighted by Gasteiger charge is 2.26. The third kappa shape index (κ3) is 3.92. The van der Waals surface area contributed by atoms with Crippen LogP contribution in [0.2, 0.25) is 0 Å². The SMILES string of the molecule is CC(C)[C@H](O[C@@H]1CCCCO1)[C@H](C)C=O. The van der Waals surface area contributed by atoms with Crippen LogP contribution in [0.15, 0.2) is 0 Å². The van der Waals surface area contributed by atoms with Gasteiger partial charge in [0.2, 0.25) is 0 Å². The van der Waals surface area contributed by atoms with E-state index < -0.39 is 0 Å². The van der Waals surface area contributed by atoms with E-state index in [2.05, 4.69) is 13.8 Å². The highest BCUT2D eigenvalue weighted by atomic mass is 16.7. The summed E-state index contributed by atoms with van der Waals surface area (Å²) in [5.41, 5.74) is 0. The average Bonchev–Trinajstić information content (AvgIpc) is 2.26. The Morgan fingerprint density at radius 1 is 1.33 bits per heavy atom. The van der Waals surface area contributed by atoms with Crippen molar-refractivity contribution >= 4 is 6.29 Å². The lowest BCUT2D eigenvalue weighted by molar-refractivity contribution is -0.204. The lowest BCUT2D eigenvalue weighted by atomic mass is 9.96. The van der Waals surface area contributed by atoms with E-state index in [-0.39, 0.29) is 18.3 Å². The molecule has 1 saturated heterocycles. The number of aldehydes is 1. The zero-order valence-corrected chi connectivity index (χ0v) is 9.94. The van der Waals surface area contributed by atoms with Crippen LogP contribution in [0, 0.1) is 11.8 Å². The van der Waals surface area contributed by atoms with Crippen molar-refractivity contribution in [3.05, 3.63) is 0 Å². The highest BCUT2D eigenvalue weighted by Crippen LogP contribution is 2.22. The Labute approximate surface area is 92.1 Å². The lowest BCUT2D eigenvalue weighted by Gasteiger charge is -2.31. The molecule has 88 valence electrons. The van der Waals surface area contributed by atoms with Crippen LogP contribution in [0.5, 0.6) is 0 Å². The molecule has 0 bridgehead atoms. The van der Waals surface area contributed by atoms with E-state index in [0.29, 0.717) is 5.92 Å². The predicted molar refractivity (Wildman–Crippen MR) is 58.5 cm³/mol. The number of ether oxygens (including phenoxy) is 2. The van der Waals surface area contributed by atoms with Crippen molar-refractivity contribution in [1.29, 1.82) is 0 Å². The minimum absolute atomic E-state index is 0.0226. The van der Waals surface area contributed by atoms with Crippen molar-refractivity contribution in [2.75, 3.05) is 6.61 Å². The van der Waals surface area contributed by atoms with Crippen LogP contribution in [-0.2, 0) is 14.3 Å². The smallest absolute Gasteiger partial charge is 0.157 e. The molecule has 0 spiro atoms. The normalized spacial score (nSPS) is 26.3. The minimum atomic E-state index is -0.103. The molecule has 0 aromatic carbocycles. The van der Waals surface area contributed by atoms with Crippen molar-refractivity contribution in [2.24, 2.45) is 11.8 Å². The summed E-state index contributed by atoms with van der Waals surface area (Å²) in [5.74, 6) is 0.284. The molecule has 0 unspecified atom stereocenters. The van der Waals surface area contributed by atoms with Crippen molar-refractivity contribution in [3.8, 4) is 0 Å². The number of hydrogen-bond donors (Lipinski definition) is 0. The molecule has 0 aliphatic carbocycles.